The molecule has 1 aliphatic carbocycles. The highest BCUT2D eigenvalue weighted by atomic mass is 16.1. The maximum Gasteiger partial charge on any atom is 0.217 e. The van der Waals surface area contributed by atoms with E-state index >= 15 is 0 Å². The number of aromatic amines is 1. The van der Waals surface area contributed by atoms with Crippen molar-refractivity contribution in [2.24, 2.45) is 0 Å². The average Bonchev–Trinajstić information content (AvgIpc) is 2.66. The lowest BCUT2D eigenvalue weighted by atomic mass is 9.91. The highest BCUT2D eigenvalue weighted by molar-refractivity contribution is 5.85. The summed E-state index contributed by atoms with van der Waals surface area (Å²) in [5, 5.41) is 4.33. The summed E-state index contributed by atoms with van der Waals surface area (Å²) in [5.41, 5.74) is 3.93. The quantitative estimate of drug-likeness (QED) is 0.772. The lowest BCUT2D eigenvalue weighted by Gasteiger charge is -2.22. The van der Waals surface area contributed by atoms with Gasteiger partial charge in [-0.15, -0.1) is 0 Å². The van der Waals surface area contributed by atoms with Gasteiger partial charge in [-0.3, -0.25) is 4.79 Å². The molecule has 1 amide bonds. The van der Waals surface area contributed by atoms with Gasteiger partial charge in [0.15, 0.2) is 0 Å². The van der Waals surface area contributed by atoms with Crippen molar-refractivity contribution in [3.05, 3.63) is 35.5 Å². The van der Waals surface area contributed by atoms with E-state index in [0.29, 0.717) is 6.04 Å². The molecule has 88 valence electrons. The summed E-state index contributed by atoms with van der Waals surface area (Å²) < 4.78 is 0. The molecule has 0 unspecified atom stereocenters. The lowest BCUT2D eigenvalue weighted by molar-refractivity contribution is -0.119. The van der Waals surface area contributed by atoms with Crippen LogP contribution in [-0.4, -0.2) is 16.9 Å². The second-order valence-corrected chi connectivity index (χ2v) is 4.77. The van der Waals surface area contributed by atoms with Crippen molar-refractivity contribution < 1.29 is 4.79 Å². The molecule has 0 radical (unpaired) electrons. The summed E-state index contributed by atoms with van der Waals surface area (Å²) in [6.07, 6.45) is 2.99. The van der Waals surface area contributed by atoms with Gasteiger partial charge >= 0.3 is 0 Å². The molecule has 1 heterocycles. The van der Waals surface area contributed by atoms with Gasteiger partial charge < -0.3 is 10.3 Å². The largest absolute Gasteiger partial charge is 0.358 e. The van der Waals surface area contributed by atoms with Crippen LogP contribution in [0.2, 0.25) is 0 Å². The topological polar surface area (TPSA) is 44.9 Å². The number of benzene rings is 1. The predicted molar refractivity (Wildman–Crippen MR) is 67.9 cm³/mol. The first kappa shape index (κ1) is 10.4. The van der Waals surface area contributed by atoms with Crippen molar-refractivity contribution in [3.63, 3.8) is 0 Å². The number of aryl methyl sites for hydroxylation is 1. The first-order chi connectivity index (χ1) is 8.24. The molecule has 1 aromatic carbocycles. The van der Waals surface area contributed by atoms with Gasteiger partial charge in [-0.05, 0) is 30.9 Å². The second-order valence-electron chi connectivity index (χ2n) is 4.77. The van der Waals surface area contributed by atoms with E-state index in [2.05, 4.69) is 34.6 Å². The molecule has 2 aromatic rings. The average molecular weight is 228 g/mol. The van der Waals surface area contributed by atoms with Crippen LogP contribution in [0.1, 0.15) is 24.6 Å². The van der Waals surface area contributed by atoms with Crippen LogP contribution in [0.5, 0.6) is 0 Å². The van der Waals surface area contributed by atoms with Crippen LogP contribution in [0.15, 0.2) is 24.3 Å². The fourth-order valence-electron chi connectivity index (χ4n) is 2.78. The van der Waals surface area contributed by atoms with Gasteiger partial charge in [-0.25, -0.2) is 0 Å². The van der Waals surface area contributed by atoms with Crippen LogP contribution >= 0.6 is 0 Å². The van der Waals surface area contributed by atoms with Crippen LogP contribution in [0.25, 0.3) is 10.9 Å². The Balaban J connectivity index is 1.97. The fourth-order valence-corrected chi connectivity index (χ4v) is 2.78. The summed E-state index contributed by atoms with van der Waals surface area (Å²) in [7, 11) is 0. The number of para-hydroxylation sites is 1. The van der Waals surface area contributed by atoms with E-state index in [1.54, 1.807) is 6.92 Å². The van der Waals surface area contributed by atoms with Gasteiger partial charge in [0.1, 0.15) is 0 Å². The molecule has 3 heteroatoms. The Hall–Kier alpha value is -1.77. The molecule has 17 heavy (non-hydrogen) atoms. The number of aromatic nitrogens is 1. The van der Waals surface area contributed by atoms with Crippen molar-refractivity contribution in [1.82, 2.24) is 10.3 Å². The zero-order valence-corrected chi connectivity index (χ0v) is 9.92. The number of carbonyl (C=O) groups excluding carboxylic acids is 1. The molecule has 0 fully saturated rings. The Morgan fingerprint density at radius 1 is 1.41 bits per heavy atom. The molecule has 2 N–H and O–H groups in total. The van der Waals surface area contributed by atoms with Gasteiger partial charge in [0.2, 0.25) is 5.91 Å². The number of nitrogens with one attached hydrogen (secondary N) is 2. The third-order valence-electron chi connectivity index (χ3n) is 3.50. The predicted octanol–water partition coefficient (Wildman–Crippen LogP) is 2.16. The minimum absolute atomic E-state index is 0.0679. The van der Waals surface area contributed by atoms with E-state index in [9.17, 15) is 4.79 Å². The number of amides is 1. The number of fused-ring (bicyclic) bond motifs is 3. The molecule has 1 aliphatic rings. The summed E-state index contributed by atoms with van der Waals surface area (Å²) in [6, 6.07) is 8.68. The standard InChI is InChI=1S/C14H16N2O/c1-9(17)15-10-6-7-14-12(8-10)11-4-2-3-5-13(11)16-14/h2-5,10,16H,6-8H2,1H3,(H,15,17)/t10-/m1/s1. The number of carbonyl (C=O) groups is 1. The Morgan fingerprint density at radius 2 is 2.24 bits per heavy atom. The molecule has 1 atom stereocenters. The van der Waals surface area contributed by atoms with Gasteiger partial charge in [0.25, 0.3) is 0 Å². The van der Waals surface area contributed by atoms with E-state index < -0.39 is 0 Å². The van der Waals surface area contributed by atoms with Crippen molar-refractivity contribution in [3.8, 4) is 0 Å². The summed E-state index contributed by atoms with van der Waals surface area (Å²) >= 11 is 0. The van der Waals surface area contributed by atoms with E-state index in [-0.39, 0.29) is 5.91 Å². The Bertz CT molecular complexity index is 571. The number of rotatable bonds is 1. The van der Waals surface area contributed by atoms with Crippen molar-refractivity contribution >= 4 is 16.8 Å². The van der Waals surface area contributed by atoms with Crippen molar-refractivity contribution in [1.29, 1.82) is 0 Å². The van der Waals surface area contributed by atoms with Gasteiger partial charge in [-0.1, -0.05) is 18.2 Å². The van der Waals surface area contributed by atoms with Crippen molar-refractivity contribution in [2.75, 3.05) is 0 Å². The van der Waals surface area contributed by atoms with Gasteiger partial charge in [-0.2, -0.15) is 0 Å². The molecule has 0 spiro atoms. The Labute approximate surface area is 100 Å². The van der Waals surface area contributed by atoms with Crippen LogP contribution in [0.3, 0.4) is 0 Å². The highest BCUT2D eigenvalue weighted by Gasteiger charge is 2.22. The minimum Gasteiger partial charge on any atom is -0.358 e. The molecule has 0 saturated carbocycles. The molecular weight excluding hydrogens is 212 g/mol. The second kappa shape index (κ2) is 3.91. The summed E-state index contributed by atoms with van der Waals surface area (Å²) in [6.45, 7) is 1.59. The van der Waals surface area contributed by atoms with E-state index in [0.717, 1.165) is 19.3 Å². The maximum atomic E-state index is 11.1. The van der Waals surface area contributed by atoms with E-state index in [1.165, 1.54) is 22.2 Å². The summed E-state index contributed by atoms with van der Waals surface area (Å²) in [5.74, 6) is 0.0679. The first-order valence-corrected chi connectivity index (χ1v) is 6.09. The molecule has 3 nitrogen and oxygen atoms in total. The summed E-state index contributed by atoms with van der Waals surface area (Å²) in [4.78, 5) is 14.6. The van der Waals surface area contributed by atoms with E-state index in [1.807, 2.05) is 0 Å². The zero-order chi connectivity index (χ0) is 11.8. The number of hydrogen-bond donors (Lipinski definition) is 2. The van der Waals surface area contributed by atoms with E-state index in [4.69, 9.17) is 0 Å². The van der Waals surface area contributed by atoms with Gasteiger partial charge in [0, 0.05) is 29.6 Å². The molecule has 0 saturated heterocycles. The SMILES string of the molecule is CC(=O)N[C@@H]1CCc2[nH]c3ccccc3c2C1. The number of H-pyrrole nitrogens is 1. The number of hydrogen-bond acceptors (Lipinski definition) is 1. The Morgan fingerprint density at radius 3 is 3.06 bits per heavy atom. The Kier molecular flexibility index (Phi) is 2.39. The third-order valence-corrected chi connectivity index (χ3v) is 3.50. The highest BCUT2D eigenvalue weighted by Crippen LogP contribution is 2.28. The van der Waals surface area contributed by atoms with Crippen LogP contribution in [-0.2, 0) is 17.6 Å². The third kappa shape index (κ3) is 1.82. The molecular formula is C14H16N2O. The normalized spacial score (nSPS) is 19.0. The molecule has 0 bridgehead atoms. The van der Waals surface area contributed by atoms with Crippen LogP contribution < -0.4 is 5.32 Å². The van der Waals surface area contributed by atoms with Crippen LogP contribution in [0, 0.1) is 0 Å². The van der Waals surface area contributed by atoms with Crippen LogP contribution in [0.4, 0.5) is 0 Å². The zero-order valence-electron chi connectivity index (χ0n) is 9.92. The fraction of sp³-hybridized carbons (Fsp3) is 0.357. The first-order valence-electron chi connectivity index (χ1n) is 6.09. The maximum absolute atomic E-state index is 11.1. The van der Waals surface area contributed by atoms with Gasteiger partial charge in [0.05, 0.1) is 0 Å². The molecule has 3 rings (SSSR count). The monoisotopic (exact) mass is 228 g/mol. The van der Waals surface area contributed by atoms with Crippen molar-refractivity contribution in [2.45, 2.75) is 32.2 Å². The minimum atomic E-state index is 0.0679. The molecule has 0 aliphatic heterocycles. The molecule has 1 aromatic heterocycles. The smallest absolute Gasteiger partial charge is 0.217 e. The lowest BCUT2D eigenvalue weighted by Crippen LogP contribution is -2.37.